The molecule has 0 spiro atoms. The second-order valence-electron chi connectivity index (χ2n) is 5.36. The van der Waals surface area contributed by atoms with Gasteiger partial charge in [-0.25, -0.2) is 0 Å². The summed E-state index contributed by atoms with van der Waals surface area (Å²) < 4.78 is 0. The fourth-order valence-electron chi connectivity index (χ4n) is 1.56. The van der Waals surface area contributed by atoms with E-state index in [1.54, 1.807) is 5.20 Å². The first-order valence-corrected chi connectivity index (χ1v) is 8.65. The second-order valence-corrected chi connectivity index (χ2v) is 10.4. The van der Waals surface area contributed by atoms with Gasteiger partial charge in [0.2, 0.25) is 0 Å². The standard InChI is InChI=1S/C12H21Si/c1-10(2)8-11-6-7-12(9-11)13(3,4)5/h6-7,9-10H,8H2,1-5H3. The summed E-state index contributed by atoms with van der Waals surface area (Å²) in [5, 5.41) is 1.60. The van der Waals surface area contributed by atoms with Crippen molar-refractivity contribution in [3.05, 3.63) is 29.3 Å². The van der Waals surface area contributed by atoms with Crippen molar-refractivity contribution in [2.45, 2.75) is 39.9 Å². The zero-order valence-electron chi connectivity index (χ0n) is 9.52. The fourth-order valence-corrected chi connectivity index (χ4v) is 2.76. The van der Waals surface area contributed by atoms with E-state index < -0.39 is 8.07 Å². The van der Waals surface area contributed by atoms with Gasteiger partial charge in [0.15, 0.2) is 0 Å². The summed E-state index contributed by atoms with van der Waals surface area (Å²) in [4.78, 5) is 0. The lowest BCUT2D eigenvalue weighted by molar-refractivity contribution is 0.651. The SMILES string of the molecule is CC(C)CC1=C[CH]C([Si](C)(C)C)=C1. The van der Waals surface area contributed by atoms with Crippen molar-refractivity contribution < 1.29 is 0 Å². The van der Waals surface area contributed by atoms with Gasteiger partial charge in [-0.15, -0.1) is 0 Å². The van der Waals surface area contributed by atoms with Gasteiger partial charge in [0.25, 0.3) is 0 Å². The highest BCUT2D eigenvalue weighted by Gasteiger charge is 2.21. The predicted molar refractivity (Wildman–Crippen MR) is 63.3 cm³/mol. The molecule has 1 aliphatic rings. The fraction of sp³-hybridized carbons (Fsp3) is 0.583. The first-order chi connectivity index (χ1) is 5.89. The molecule has 0 saturated carbocycles. The quantitative estimate of drug-likeness (QED) is 0.595. The Morgan fingerprint density at radius 3 is 2.23 bits per heavy atom. The van der Waals surface area contributed by atoms with E-state index in [2.05, 4.69) is 52.1 Å². The van der Waals surface area contributed by atoms with Gasteiger partial charge in [0, 0.05) is 6.42 Å². The first-order valence-electron chi connectivity index (χ1n) is 5.15. The largest absolute Gasteiger partial charge is 0.0736 e. The highest BCUT2D eigenvalue weighted by Crippen LogP contribution is 2.28. The van der Waals surface area contributed by atoms with Gasteiger partial charge in [-0.2, -0.15) is 0 Å². The maximum atomic E-state index is 2.41. The number of hydrogen-bond donors (Lipinski definition) is 0. The minimum atomic E-state index is -1.06. The molecule has 1 rings (SSSR count). The first kappa shape index (κ1) is 10.8. The molecule has 0 heterocycles. The van der Waals surface area contributed by atoms with E-state index in [0.717, 1.165) is 5.92 Å². The van der Waals surface area contributed by atoms with Crippen molar-refractivity contribution in [1.29, 1.82) is 0 Å². The summed E-state index contributed by atoms with van der Waals surface area (Å²) in [7, 11) is -1.06. The molecular formula is C12H21Si. The summed E-state index contributed by atoms with van der Waals surface area (Å²) in [6.07, 6.45) is 8.26. The van der Waals surface area contributed by atoms with Crippen LogP contribution in [-0.4, -0.2) is 8.07 Å². The van der Waals surface area contributed by atoms with Crippen LogP contribution >= 0.6 is 0 Å². The van der Waals surface area contributed by atoms with Crippen molar-refractivity contribution >= 4 is 8.07 Å². The van der Waals surface area contributed by atoms with Gasteiger partial charge < -0.3 is 0 Å². The molecule has 0 aromatic heterocycles. The van der Waals surface area contributed by atoms with E-state index in [9.17, 15) is 0 Å². The molecule has 1 heteroatoms. The third kappa shape index (κ3) is 3.15. The molecule has 0 bridgehead atoms. The molecule has 13 heavy (non-hydrogen) atoms. The predicted octanol–water partition coefficient (Wildman–Crippen LogP) is 3.98. The summed E-state index contributed by atoms with van der Waals surface area (Å²) in [5.74, 6) is 0.775. The van der Waals surface area contributed by atoms with Gasteiger partial charge >= 0.3 is 0 Å². The zero-order chi connectivity index (χ0) is 10.1. The Hall–Kier alpha value is -0.303. The minimum Gasteiger partial charge on any atom is -0.0736 e. The van der Waals surface area contributed by atoms with Gasteiger partial charge in [0.05, 0.1) is 8.07 Å². The molecule has 1 radical (unpaired) electrons. The normalized spacial score (nSPS) is 17.7. The van der Waals surface area contributed by atoms with Crippen LogP contribution < -0.4 is 0 Å². The van der Waals surface area contributed by atoms with Crippen LogP contribution in [0.25, 0.3) is 0 Å². The van der Waals surface area contributed by atoms with Crippen LogP contribution in [0.2, 0.25) is 19.6 Å². The third-order valence-electron chi connectivity index (χ3n) is 2.33. The molecule has 0 saturated heterocycles. The molecule has 73 valence electrons. The zero-order valence-corrected chi connectivity index (χ0v) is 10.5. The van der Waals surface area contributed by atoms with Crippen LogP contribution in [0.3, 0.4) is 0 Å². The van der Waals surface area contributed by atoms with Crippen molar-refractivity contribution in [3.8, 4) is 0 Å². The van der Waals surface area contributed by atoms with Crippen LogP contribution in [0.5, 0.6) is 0 Å². The number of hydrogen-bond acceptors (Lipinski definition) is 0. The Morgan fingerprint density at radius 2 is 1.85 bits per heavy atom. The number of allylic oxidation sites excluding steroid dienone is 4. The number of rotatable bonds is 3. The van der Waals surface area contributed by atoms with Crippen molar-refractivity contribution in [2.75, 3.05) is 0 Å². The van der Waals surface area contributed by atoms with Crippen LogP contribution in [0.1, 0.15) is 20.3 Å². The van der Waals surface area contributed by atoms with E-state index in [4.69, 9.17) is 0 Å². The molecule has 0 unspecified atom stereocenters. The second kappa shape index (κ2) is 3.83. The Kier molecular flexibility index (Phi) is 3.17. The summed E-state index contributed by atoms with van der Waals surface area (Å²) in [6.45, 7) is 11.8. The molecule has 0 aliphatic heterocycles. The Morgan fingerprint density at radius 1 is 1.23 bits per heavy atom. The van der Waals surface area contributed by atoms with Gasteiger partial charge in [-0.3, -0.25) is 0 Å². The maximum absolute atomic E-state index is 2.41. The van der Waals surface area contributed by atoms with Crippen molar-refractivity contribution in [3.63, 3.8) is 0 Å². The molecular weight excluding hydrogens is 172 g/mol. The highest BCUT2D eigenvalue weighted by molar-refractivity contribution is 6.83. The van der Waals surface area contributed by atoms with Crippen LogP contribution in [0.15, 0.2) is 22.9 Å². The Bertz CT molecular complexity index is 238. The Labute approximate surface area is 83.7 Å². The van der Waals surface area contributed by atoms with Crippen LogP contribution in [0.4, 0.5) is 0 Å². The molecule has 0 fully saturated rings. The van der Waals surface area contributed by atoms with E-state index in [-0.39, 0.29) is 0 Å². The summed E-state index contributed by atoms with van der Waals surface area (Å²) in [5.41, 5.74) is 1.52. The molecule has 0 amide bonds. The van der Waals surface area contributed by atoms with Crippen LogP contribution in [-0.2, 0) is 0 Å². The molecule has 0 aromatic carbocycles. The van der Waals surface area contributed by atoms with E-state index in [0.29, 0.717) is 0 Å². The average molecular weight is 193 g/mol. The smallest absolute Gasteiger partial charge is 0.0732 e. The maximum Gasteiger partial charge on any atom is 0.0732 e. The molecule has 0 nitrogen and oxygen atoms in total. The highest BCUT2D eigenvalue weighted by atomic mass is 28.3. The monoisotopic (exact) mass is 193 g/mol. The summed E-state index contributed by atoms with van der Waals surface area (Å²) >= 11 is 0. The van der Waals surface area contributed by atoms with Crippen molar-refractivity contribution in [1.82, 2.24) is 0 Å². The van der Waals surface area contributed by atoms with Crippen LogP contribution in [0, 0.1) is 12.3 Å². The lowest BCUT2D eigenvalue weighted by Crippen LogP contribution is -2.22. The van der Waals surface area contributed by atoms with Crippen molar-refractivity contribution in [2.24, 2.45) is 5.92 Å². The van der Waals surface area contributed by atoms with E-state index in [1.807, 2.05) is 0 Å². The minimum absolute atomic E-state index is 0.775. The third-order valence-corrected chi connectivity index (χ3v) is 4.37. The van der Waals surface area contributed by atoms with E-state index in [1.165, 1.54) is 12.0 Å². The molecule has 0 atom stereocenters. The lowest BCUT2D eigenvalue weighted by Gasteiger charge is -2.17. The summed E-state index contributed by atoms with van der Waals surface area (Å²) in [6, 6.07) is 0. The molecule has 0 N–H and O–H groups in total. The lowest BCUT2D eigenvalue weighted by atomic mass is 10.0. The molecule has 1 aliphatic carbocycles. The Balaban J connectivity index is 2.61. The van der Waals surface area contributed by atoms with Gasteiger partial charge in [0.1, 0.15) is 0 Å². The van der Waals surface area contributed by atoms with Gasteiger partial charge in [-0.05, 0) is 12.3 Å². The average Bonchev–Trinajstić information content (AvgIpc) is 2.32. The van der Waals surface area contributed by atoms with E-state index >= 15 is 0 Å². The molecule has 0 aromatic rings. The van der Waals surface area contributed by atoms with Gasteiger partial charge in [-0.1, -0.05) is 56.4 Å². The topological polar surface area (TPSA) is 0 Å².